The minimum Gasteiger partial charge on any atom is -0.301 e. The molecule has 0 aliphatic rings. The zero-order valence-electron chi connectivity index (χ0n) is 10.2. The Morgan fingerprint density at radius 3 is 2.11 bits per heavy atom. The highest BCUT2D eigenvalue weighted by Gasteiger charge is 1.97. The van der Waals surface area contributed by atoms with Crippen LogP contribution in [0.15, 0.2) is 67.3 Å². The molecule has 5 nitrogen and oxygen atoms in total. The Hall–Kier alpha value is -2.82. The fourth-order valence-electron chi connectivity index (χ4n) is 1.70. The fourth-order valence-corrected chi connectivity index (χ4v) is 1.70. The molecule has 0 aliphatic heterocycles. The topological polar surface area (TPSA) is 54.8 Å². The van der Waals surface area contributed by atoms with Gasteiger partial charge >= 0.3 is 0 Å². The largest absolute Gasteiger partial charge is 0.301 e. The van der Waals surface area contributed by atoms with Crippen LogP contribution in [0.2, 0.25) is 0 Å². The van der Waals surface area contributed by atoms with Crippen LogP contribution in [0.25, 0.3) is 5.69 Å². The standard InChI is InChI=1S/C14H13N5/c1-2-4-12(5-3-1)17-18-13-6-8-14(9-7-13)19-11-15-10-16-19/h1-11,17-18H. The van der Waals surface area contributed by atoms with Crippen molar-refractivity contribution in [2.45, 2.75) is 0 Å². The van der Waals surface area contributed by atoms with Crippen LogP contribution in [-0.2, 0) is 0 Å². The third kappa shape index (κ3) is 2.71. The number of hydrogen-bond donors (Lipinski definition) is 2. The Labute approximate surface area is 110 Å². The van der Waals surface area contributed by atoms with E-state index in [4.69, 9.17) is 0 Å². The van der Waals surface area contributed by atoms with Gasteiger partial charge in [0.05, 0.1) is 17.1 Å². The summed E-state index contributed by atoms with van der Waals surface area (Å²) in [6.07, 6.45) is 3.19. The summed E-state index contributed by atoms with van der Waals surface area (Å²) in [4.78, 5) is 3.92. The fraction of sp³-hybridized carbons (Fsp3) is 0. The minimum absolute atomic E-state index is 0.975. The van der Waals surface area contributed by atoms with E-state index in [9.17, 15) is 0 Å². The summed E-state index contributed by atoms with van der Waals surface area (Å²) in [7, 11) is 0. The van der Waals surface area contributed by atoms with Gasteiger partial charge in [0.25, 0.3) is 0 Å². The predicted molar refractivity (Wildman–Crippen MR) is 75.0 cm³/mol. The van der Waals surface area contributed by atoms with Gasteiger partial charge in [-0.3, -0.25) is 0 Å². The number of rotatable bonds is 4. The van der Waals surface area contributed by atoms with E-state index in [0.717, 1.165) is 17.1 Å². The van der Waals surface area contributed by atoms with Gasteiger partial charge in [-0.1, -0.05) is 18.2 Å². The first kappa shape index (κ1) is 11.3. The van der Waals surface area contributed by atoms with Gasteiger partial charge in [-0.05, 0) is 36.4 Å². The quantitative estimate of drug-likeness (QED) is 0.700. The second-order valence-corrected chi connectivity index (χ2v) is 4.00. The molecule has 0 amide bonds. The number of nitrogens with zero attached hydrogens (tertiary/aromatic N) is 3. The molecule has 0 radical (unpaired) electrons. The second-order valence-electron chi connectivity index (χ2n) is 4.00. The maximum atomic E-state index is 4.08. The van der Waals surface area contributed by atoms with Crippen molar-refractivity contribution < 1.29 is 0 Å². The van der Waals surface area contributed by atoms with Crippen molar-refractivity contribution in [2.24, 2.45) is 0 Å². The molecule has 0 spiro atoms. The number of hydrazine groups is 1. The molecular weight excluding hydrogens is 238 g/mol. The summed E-state index contributed by atoms with van der Waals surface area (Å²) in [6.45, 7) is 0. The molecule has 0 saturated carbocycles. The van der Waals surface area contributed by atoms with Gasteiger partial charge in [-0.2, -0.15) is 5.10 Å². The second kappa shape index (κ2) is 5.22. The van der Waals surface area contributed by atoms with Gasteiger partial charge < -0.3 is 10.9 Å². The highest BCUT2D eigenvalue weighted by atomic mass is 15.4. The van der Waals surface area contributed by atoms with E-state index in [1.807, 2.05) is 54.6 Å². The van der Waals surface area contributed by atoms with Crippen LogP contribution < -0.4 is 10.9 Å². The van der Waals surface area contributed by atoms with Crippen LogP contribution in [0.4, 0.5) is 11.4 Å². The van der Waals surface area contributed by atoms with E-state index in [-0.39, 0.29) is 0 Å². The van der Waals surface area contributed by atoms with Crippen molar-refractivity contribution in [1.82, 2.24) is 14.8 Å². The first-order valence-corrected chi connectivity index (χ1v) is 5.94. The van der Waals surface area contributed by atoms with E-state index >= 15 is 0 Å². The molecule has 1 heterocycles. The molecule has 94 valence electrons. The van der Waals surface area contributed by atoms with E-state index in [1.165, 1.54) is 6.33 Å². The number of para-hydroxylation sites is 1. The first-order valence-electron chi connectivity index (χ1n) is 5.94. The van der Waals surface area contributed by atoms with Crippen molar-refractivity contribution in [3.05, 3.63) is 67.3 Å². The van der Waals surface area contributed by atoms with Gasteiger partial charge in [0, 0.05) is 0 Å². The molecule has 0 bridgehead atoms. The lowest BCUT2D eigenvalue weighted by Crippen LogP contribution is -2.08. The SMILES string of the molecule is c1ccc(NNc2ccc(-n3cncn3)cc2)cc1. The summed E-state index contributed by atoms with van der Waals surface area (Å²) in [5, 5.41) is 4.08. The zero-order chi connectivity index (χ0) is 12.9. The number of anilines is 2. The van der Waals surface area contributed by atoms with Crippen molar-refractivity contribution in [3.8, 4) is 5.69 Å². The van der Waals surface area contributed by atoms with Crippen molar-refractivity contribution in [3.63, 3.8) is 0 Å². The molecule has 3 aromatic rings. The summed E-state index contributed by atoms with van der Waals surface area (Å²) in [5.41, 5.74) is 9.24. The molecular formula is C14H13N5. The molecule has 0 unspecified atom stereocenters. The van der Waals surface area contributed by atoms with E-state index in [0.29, 0.717) is 0 Å². The molecule has 5 heteroatoms. The molecule has 19 heavy (non-hydrogen) atoms. The van der Waals surface area contributed by atoms with E-state index in [2.05, 4.69) is 20.9 Å². The monoisotopic (exact) mass is 251 g/mol. The number of benzene rings is 2. The Bertz CT molecular complexity index is 617. The third-order valence-electron chi connectivity index (χ3n) is 2.68. The Balaban J connectivity index is 1.67. The molecule has 0 aliphatic carbocycles. The molecule has 1 aromatic heterocycles. The molecule has 0 atom stereocenters. The minimum atomic E-state index is 0.975. The van der Waals surface area contributed by atoms with Crippen molar-refractivity contribution >= 4 is 11.4 Å². The van der Waals surface area contributed by atoms with Gasteiger partial charge in [0.2, 0.25) is 0 Å². The molecule has 0 saturated heterocycles. The normalized spacial score (nSPS) is 10.1. The van der Waals surface area contributed by atoms with E-state index < -0.39 is 0 Å². The van der Waals surface area contributed by atoms with Crippen LogP contribution in [0.3, 0.4) is 0 Å². The highest BCUT2D eigenvalue weighted by Crippen LogP contribution is 2.13. The van der Waals surface area contributed by atoms with Crippen molar-refractivity contribution in [1.29, 1.82) is 0 Å². The van der Waals surface area contributed by atoms with Crippen LogP contribution >= 0.6 is 0 Å². The average molecular weight is 251 g/mol. The number of hydrogen-bond acceptors (Lipinski definition) is 4. The summed E-state index contributed by atoms with van der Waals surface area (Å²) >= 11 is 0. The lowest BCUT2D eigenvalue weighted by molar-refractivity contribution is 0.879. The Morgan fingerprint density at radius 2 is 1.47 bits per heavy atom. The Morgan fingerprint density at radius 1 is 0.789 bits per heavy atom. The van der Waals surface area contributed by atoms with Crippen LogP contribution in [0.1, 0.15) is 0 Å². The van der Waals surface area contributed by atoms with Crippen molar-refractivity contribution in [2.75, 3.05) is 10.9 Å². The maximum Gasteiger partial charge on any atom is 0.138 e. The van der Waals surface area contributed by atoms with Gasteiger partial charge in [-0.25, -0.2) is 9.67 Å². The summed E-state index contributed by atoms with van der Waals surface area (Å²) < 4.78 is 1.72. The van der Waals surface area contributed by atoms with Crippen LogP contribution in [0, 0.1) is 0 Å². The number of aromatic nitrogens is 3. The lowest BCUT2D eigenvalue weighted by Gasteiger charge is -2.10. The van der Waals surface area contributed by atoms with Gasteiger partial charge in [0.1, 0.15) is 12.7 Å². The van der Waals surface area contributed by atoms with Gasteiger partial charge in [-0.15, -0.1) is 0 Å². The molecule has 2 aromatic carbocycles. The van der Waals surface area contributed by atoms with Gasteiger partial charge in [0.15, 0.2) is 0 Å². The molecule has 0 fully saturated rings. The molecule has 3 rings (SSSR count). The van der Waals surface area contributed by atoms with Crippen LogP contribution in [0.5, 0.6) is 0 Å². The maximum absolute atomic E-state index is 4.08. The third-order valence-corrected chi connectivity index (χ3v) is 2.68. The van der Waals surface area contributed by atoms with E-state index in [1.54, 1.807) is 11.0 Å². The molecule has 2 N–H and O–H groups in total. The zero-order valence-corrected chi connectivity index (χ0v) is 10.2. The Kier molecular flexibility index (Phi) is 3.10. The summed E-state index contributed by atoms with van der Waals surface area (Å²) in [6, 6.07) is 17.9. The number of nitrogens with one attached hydrogen (secondary N) is 2. The highest BCUT2D eigenvalue weighted by molar-refractivity contribution is 5.54. The lowest BCUT2D eigenvalue weighted by atomic mass is 10.3. The first-order chi connectivity index (χ1) is 9.42. The van der Waals surface area contributed by atoms with Crippen LogP contribution in [-0.4, -0.2) is 14.8 Å². The smallest absolute Gasteiger partial charge is 0.138 e. The summed E-state index contributed by atoms with van der Waals surface area (Å²) in [5.74, 6) is 0. The average Bonchev–Trinajstić information content (AvgIpc) is 3.01. The predicted octanol–water partition coefficient (Wildman–Crippen LogP) is 2.71.